The van der Waals surface area contributed by atoms with E-state index in [1.54, 1.807) is 0 Å². The van der Waals surface area contributed by atoms with Crippen LogP contribution < -0.4 is 5.32 Å². The summed E-state index contributed by atoms with van der Waals surface area (Å²) in [4.78, 5) is 2.42. The van der Waals surface area contributed by atoms with Crippen LogP contribution in [0.15, 0.2) is 40.8 Å². The van der Waals surface area contributed by atoms with Crippen molar-refractivity contribution in [2.45, 2.75) is 19.5 Å². The average Bonchev–Trinajstić information content (AvgIpc) is 3.00. The molecule has 0 saturated carbocycles. The molecule has 1 aromatic carbocycles. The van der Waals surface area contributed by atoms with Gasteiger partial charge in [0.25, 0.3) is 0 Å². The van der Waals surface area contributed by atoms with Gasteiger partial charge >= 0.3 is 0 Å². The van der Waals surface area contributed by atoms with Gasteiger partial charge in [0, 0.05) is 31.2 Å². The molecule has 0 bridgehead atoms. The number of aryl methyl sites for hydroxylation is 1. The minimum atomic E-state index is 0.218. The van der Waals surface area contributed by atoms with Crippen molar-refractivity contribution < 1.29 is 9.15 Å². The fourth-order valence-corrected chi connectivity index (χ4v) is 3.12. The zero-order chi connectivity index (χ0) is 16.1. The summed E-state index contributed by atoms with van der Waals surface area (Å²) >= 11 is 6.22. The maximum atomic E-state index is 6.22. The fraction of sp³-hybridized carbons (Fsp3) is 0.444. The van der Waals surface area contributed by atoms with Crippen molar-refractivity contribution in [3.05, 3.63) is 58.5 Å². The quantitative estimate of drug-likeness (QED) is 0.878. The Kier molecular flexibility index (Phi) is 5.73. The largest absolute Gasteiger partial charge is 0.465 e. The first kappa shape index (κ1) is 16.5. The topological polar surface area (TPSA) is 37.6 Å². The van der Waals surface area contributed by atoms with Crippen molar-refractivity contribution in [3.63, 3.8) is 0 Å². The van der Waals surface area contributed by atoms with Crippen LogP contribution in [0.2, 0.25) is 5.02 Å². The van der Waals surface area contributed by atoms with Crippen molar-refractivity contribution >= 4 is 11.6 Å². The summed E-state index contributed by atoms with van der Waals surface area (Å²) in [5, 5.41) is 4.32. The highest BCUT2D eigenvalue weighted by Gasteiger charge is 2.24. The molecule has 1 aliphatic rings. The van der Waals surface area contributed by atoms with Gasteiger partial charge in [-0.15, -0.1) is 0 Å². The van der Waals surface area contributed by atoms with Crippen LogP contribution in [0.3, 0.4) is 0 Å². The van der Waals surface area contributed by atoms with Gasteiger partial charge in [0.2, 0.25) is 0 Å². The number of rotatable bonds is 6. The molecule has 1 unspecified atom stereocenters. The molecule has 1 fully saturated rings. The number of nitrogens with zero attached hydrogens (tertiary/aromatic N) is 1. The van der Waals surface area contributed by atoms with Crippen LogP contribution in [0.1, 0.15) is 23.1 Å². The Morgan fingerprint density at radius 1 is 1.17 bits per heavy atom. The first-order valence-electron chi connectivity index (χ1n) is 8.06. The Morgan fingerprint density at radius 3 is 2.65 bits per heavy atom. The second kappa shape index (κ2) is 7.97. The van der Waals surface area contributed by atoms with E-state index in [-0.39, 0.29) is 6.04 Å². The van der Waals surface area contributed by atoms with E-state index in [4.69, 9.17) is 20.8 Å². The van der Waals surface area contributed by atoms with Crippen molar-refractivity contribution in [2.24, 2.45) is 0 Å². The van der Waals surface area contributed by atoms with Crippen molar-refractivity contribution in [2.75, 3.05) is 32.8 Å². The normalized spacial score (nSPS) is 17.3. The third-order valence-electron chi connectivity index (χ3n) is 4.19. The summed E-state index contributed by atoms with van der Waals surface area (Å²) in [6.07, 6.45) is 0. The Bertz CT molecular complexity index is 623. The molecule has 0 radical (unpaired) electrons. The van der Waals surface area contributed by atoms with E-state index in [9.17, 15) is 0 Å². The molecule has 1 N–H and O–H groups in total. The van der Waals surface area contributed by atoms with Crippen LogP contribution >= 0.6 is 11.6 Å². The lowest BCUT2D eigenvalue weighted by Gasteiger charge is -2.33. The monoisotopic (exact) mass is 334 g/mol. The van der Waals surface area contributed by atoms with E-state index in [2.05, 4.69) is 22.3 Å². The van der Waals surface area contributed by atoms with Gasteiger partial charge < -0.3 is 14.5 Å². The van der Waals surface area contributed by atoms with Gasteiger partial charge in [-0.2, -0.15) is 0 Å². The molecule has 1 aromatic heterocycles. The fourth-order valence-electron chi connectivity index (χ4n) is 2.92. The number of furan rings is 1. The SMILES string of the molecule is Cc1ccc(C(CNCc2ccccc2Cl)N2CCOCC2)o1. The Labute approximate surface area is 142 Å². The van der Waals surface area contributed by atoms with Crippen LogP contribution in [-0.2, 0) is 11.3 Å². The molecule has 124 valence electrons. The molecule has 2 heterocycles. The molecule has 0 spiro atoms. The van der Waals surface area contributed by atoms with Gasteiger partial charge in [0.15, 0.2) is 0 Å². The van der Waals surface area contributed by atoms with Crippen molar-refractivity contribution in [1.82, 2.24) is 10.2 Å². The summed E-state index contributed by atoms with van der Waals surface area (Å²) in [5.41, 5.74) is 1.12. The molecular weight excluding hydrogens is 312 g/mol. The lowest BCUT2D eigenvalue weighted by Crippen LogP contribution is -2.42. The molecule has 2 aromatic rings. The van der Waals surface area contributed by atoms with Crippen LogP contribution in [0.25, 0.3) is 0 Å². The van der Waals surface area contributed by atoms with Crippen LogP contribution in [-0.4, -0.2) is 37.7 Å². The molecule has 1 aliphatic heterocycles. The zero-order valence-corrected chi connectivity index (χ0v) is 14.2. The number of hydrogen-bond donors (Lipinski definition) is 1. The zero-order valence-electron chi connectivity index (χ0n) is 13.4. The van der Waals surface area contributed by atoms with E-state index in [1.807, 2.05) is 31.2 Å². The smallest absolute Gasteiger partial charge is 0.122 e. The maximum Gasteiger partial charge on any atom is 0.122 e. The minimum Gasteiger partial charge on any atom is -0.465 e. The summed E-state index contributed by atoms with van der Waals surface area (Å²) in [6.45, 7) is 6.97. The van der Waals surface area contributed by atoms with Crippen molar-refractivity contribution in [1.29, 1.82) is 0 Å². The molecule has 0 amide bonds. The van der Waals surface area contributed by atoms with Gasteiger partial charge in [0.05, 0.1) is 19.3 Å². The van der Waals surface area contributed by atoms with E-state index in [0.717, 1.165) is 61.5 Å². The van der Waals surface area contributed by atoms with E-state index >= 15 is 0 Å². The number of ether oxygens (including phenoxy) is 1. The highest BCUT2D eigenvalue weighted by molar-refractivity contribution is 6.31. The molecule has 23 heavy (non-hydrogen) atoms. The number of morpholine rings is 1. The highest BCUT2D eigenvalue weighted by atomic mass is 35.5. The van der Waals surface area contributed by atoms with E-state index in [0.29, 0.717) is 0 Å². The Balaban J connectivity index is 1.65. The maximum absolute atomic E-state index is 6.22. The number of nitrogens with one attached hydrogen (secondary N) is 1. The average molecular weight is 335 g/mol. The molecule has 4 nitrogen and oxygen atoms in total. The standard InChI is InChI=1S/C18H23ClN2O2/c1-14-6-7-18(23-14)17(21-8-10-22-11-9-21)13-20-12-15-4-2-3-5-16(15)19/h2-7,17,20H,8-13H2,1H3. The van der Waals surface area contributed by atoms with Crippen LogP contribution in [0, 0.1) is 6.92 Å². The van der Waals surface area contributed by atoms with Gasteiger partial charge in [-0.1, -0.05) is 29.8 Å². The van der Waals surface area contributed by atoms with Crippen molar-refractivity contribution in [3.8, 4) is 0 Å². The highest BCUT2D eigenvalue weighted by Crippen LogP contribution is 2.23. The molecule has 0 aliphatic carbocycles. The third kappa shape index (κ3) is 4.36. The second-order valence-electron chi connectivity index (χ2n) is 5.83. The van der Waals surface area contributed by atoms with Gasteiger partial charge in [-0.3, -0.25) is 4.90 Å². The molecule has 1 saturated heterocycles. The number of halogens is 1. The summed E-state index contributed by atoms with van der Waals surface area (Å²) < 4.78 is 11.3. The molecule has 3 rings (SSSR count). The van der Waals surface area contributed by atoms with Crippen LogP contribution in [0.4, 0.5) is 0 Å². The molecule has 1 atom stereocenters. The minimum absolute atomic E-state index is 0.218. The second-order valence-corrected chi connectivity index (χ2v) is 6.24. The van der Waals surface area contributed by atoms with E-state index < -0.39 is 0 Å². The lowest BCUT2D eigenvalue weighted by atomic mass is 10.1. The number of benzene rings is 1. The summed E-state index contributed by atoms with van der Waals surface area (Å²) in [7, 11) is 0. The summed E-state index contributed by atoms with van der Waals surface area (Å²) in [5.74, 6) is 1.96. The third-order valence-corrected chi connectivity index (χ3v) is 4.56. The predicted molar refractivity (Wildman–Crippen MR) is 91.7 cm³/mol. The van der Waals surface area contributed by atoms with Gasteiger partial charge in [-0.25, -0.2) is 0 Å². The van der Waals surface area contributed by atoms with Crippen LogP contribution in [0.5, 0.6) is 0 Å². The Hall–Kier alpha value is -1.33. The summed E-state index contributed by atoms with van der Waals surface area (Å²) in [6, 6.07) is 12.3. The predicted octanol–water partition coefficient (Wildman–Crippen LogP) is 3.40. The van der Waals surface area contributed by atoms with Gasteiger partial charge in [-0.05, 0) is 30.7 Å². The van der Waals surface area contributed by atoms with Gasteiger partial charge in [0.1, 0.15) is 11.5 Å². The first-order chi connectivity index (χ1) is 11.2. The first-order valence-corrected chi connectivity index (χ1v) is 8.44. The molecular formula is C18H23ClN2O2. The lowest BCUT2D eigenvalue weighted by molar-refractivity contribution is 0.0115. The Morgan fingerprint density at radius 2 is 1.96 bits per heavy atom. The van der Waals surface area contributed by atoms with E-state index in [1.165, 1.54) is 0 Å². The molecule has 5 heteroatoms. The number of hydrogen-bond acceptors (Lipinski definition) is 4.